The lowest BCUT2D eigenvalue weighted by Crippen LogP contribution is -2.39. The van der Waals surface area contributed by atoms with E-state index in [1.54, 1.807) is 25.3 Å². The number of nitrogens with zero attached hydrogens (tertiary/aromatic N) is 1. The minimum Gasteiger partial charge on any atom is -0.495 e. The van der Waals surface area contributed by atoms with Gasteiger partial charge in [-0.2, -0.15) is 0 Å². The van der Waals surface area contributed by atoms with Gasteiger partial charge in [0.2, 0.25) is 0 Å². The third kappa shape index (κ3) is 3.65. The van der Waals surface area contributed by atoms with Gasteiger partial charge in [0.15, 0.2) is 0 Å². The van der Waals surface area contributed by atoms with E-state index in [9.17, 15) is 4.79 Å². The molecule has 1 rings (SSSR count). The zero-order valence-corrected chi connectivity index (χ0v) is 13.0. The summed E-state index contributed by atoms with van der Waals surface area (Å²) in [5.41, 5.74) is 6.98. The lowest BCUT2D eigenvalue weighted by molar-refractivity contribution is 0.0686. The van der Waals surface area contributed by atoms with Gasteiger partial charge in [-0.15, -0.1) is 0 Å². The summed E-state index contributed by atoms with van der Waals surface area (Å²) >= 11 is 0. The summed E-state index contributed by atoms with van der Waals surface area (Å²) in [4.78, 5) is 14.6. The first-order valence-electron chi connectivity index (χ1n) is 7.30. The zero-order chi connectivity index (χ0) is 15.1. The van der Waals surface area contributed by atoms with E-state index in [0.29, 0.717) is 17.0 Å². The Hall–Kier alpha value is -1.71. The molecule has 0 aliphatic heterocycles. The van der Waals surface area contributed by atoms with Crippen LogP contribution in [0.25, 0.3) is 0 Å². The largest absolute Gasteiger partial charge is 0.495 e. The fourth-order valence-corrected chi connectivity index (χ4v) is 2.13. The van der Waals surface area contributed by atoms with Gasteiger partial charge in [-0.05, 0) is 31.9 Å². The van der Waals surface area contributed by atoms with Crippen LogP contribution in [0.15, 0.2) is 18.2 Å². The molecule has 0 aliphatic rings. The van der Waals surface area contributed by atoms with Crippen molar-refractivity contribution in [2.24, 2.45) is 0 Å². The molecule has 0 heterocycles. The molecule has 0 saturated carbocycles. The number of rotatable bonds is 7. The summed E-state index contributed by atoms with van der Waals surface area (Å²) in [5.74, 6) is 0.541. The van der Waals surface area contributed by atoms with Crippen LogP contribution in [0.4, 0.5) is 5.69 Å². The Balaban J connectivity index is 3.05. The monoisotopic (exact) mass is 278 g/mol. The van der Waals surface area contributed by atoms with Crippen LogP contribution >= 0.6 is 0 Å². The Morgan fingerprint density at radius 3 is 2.65 bits per heavy atom. The van der Waals surface area contributed by atoms with Crippen molar-refractivity contribution in [2.45, 2.75) is 46.1 Å². The van der Waals surface area contributed by atoms with Crippen LogP contribution in [0.3, 0.4) is 0 Å². The predicted molar refractivity (Wildman–Crippen MR) is 83.1 cm³/mol. The Morgan fingerprint density at radius 1 is 1.40 bits per heavy atom. The highest BCUT2D eigenvalue weighted by Crippen LogP contribution is 2.26. The van der Waals surface area contributed by atoms with Crippen LogP contribution in [0, 0.1) is 0 Å². The number of ether oxygens (including phenoxy) is 1. The second kappa shape index (κ2) is 7.78. The number of methoxy groups -OCH3 is 1. The first-order chi connectivity index (χ1) is 9.56. The van der Waals surface area contributed by atoms with Gasteiger partial charge < -0.3 is 15.4 Å². The number of nitrogen functional groups attached to an aromatic ring is 1. The normalized spacial score (nSPS) is 12.0. The molecule has 0 radical (unpaired) electrons. The average molecular weight is 278 g/mol. The third-order valence-electron chi connectivity index (χ3n) is 3.65. The number of carbonyl (C=O) groups excluding carboxylic acids is 1. The molecule has 0 spiro atoms. The molecule has 0 aliphatic carbocycles. The molecule has 4 heteroatoms. The fraction of sp³-hybridized carbons (Fsp3) is 0.562. The number of benzene rings is 1. The van der Waals surface area contributed by atoms with Gasteiger partial charge in [-0.25, -0.2) is 0 Å². The lowest BCUT2D eigenvalue weighted by Gasteiger charge is -2.29. The number of unbranched alkanes of at least 4 members (excludes halogenated alkanes) is 1. The Labute approximate surface area is 121 Å². The number of amides is 1. The molecule has 1 amide bonds. The van der Waals surface area contributed by atoms with E-state index in [-0.39, 0.29) is 11.9 Å². The first kappa shape index (κ1) is 16.3. The molecule has 1 atom stereocenters. The number of hydrogen-bond donors (Lipinski definition) is 1. The molecule has 0 aromatic heterocycles. The summed E-state index contributed by atoms with van der Waals surface area (Å²) in [7, 11) is 1.56. The van der Waals surface area contributed by atoms with E-state index < -0.39 is 0 Å². The van der Waals surface area contributed by atoms with Gasteiger partial charge in [-0.1, -0.05) is 26.3 Å². The van der Waals surface area contributed by atoms with Crippen molar-refractivity contribution in [1.82, 2.24) is 4.90 Å². The predicted octanol–water partition coefficient (Wildman–Crippen LogP) is 3.32. The van der Waals surface area contributed by atoms with Crippen LogP contribution in [0.2, 0.25) is 0 Å². The highest BCUT2D eigenvalue weighted by atomic mass is 16.5. The molecule has 20 heavy (non-hydrogen) atoms. The number of nitrogens with two attached hydrogens (primary N) is 1. The highest BCUT2D eigenvalue weighted by Gasteiger charge is 2.22. The second-order valence-electron chi connectivity index (χ2n) is 5.03. The Bertz CT molecular complexity index is 446. The molecule has 1 unspecified atom stereocenters. The van der Waals surface area contributed by atoms with E-state index in [2.05, 4.69) is 20.8 Å². The van der Waals surface area contributed by atoms with Gasteiger partial charge in [0, 0.05) is 12.6 Å². The molecular weight excluding hydrogens is 252 g/mol. The van der Waals surface area contributed by atoms with E-state index in [4.69, 9.17) is 10.5 Å². The fourth-order valence-electron chi connectivity index (χ4n) is 2.13. The molecule has 2 N–H and O–H groups in total. The van der Waals surface area contributed by atoms with Crippen molar-refractivity contribution in [1.29, 1.82) is 0 Å². The van der Waals surface area contributed by atoms with Crippen LogP contribution in [0.1, 0.15) is 50.4 Å². The van der Waals surface area contributed by atoms with Crippen LogP contribution < -0.4 is 10.5 Å². The van der Waals surface area contributed by atoms with E-state index in [1.807, 2.05) is 4.90 Å². The van der Waals surface area contributed by atoms with E-state index >= 15 is 0 Å². The summed E-state index contributed by atoms with van der Waals surface area (Å²) in [5, 5.41) is 0. The number of anilines is 1. The number of hydrogen-bond acceptors (Lipinski definition) is 3. The minimum absolute atomic E-state index is 0.01000. The first-order valence-corrected chi connectivity index (χ1v) is 7.30. The maximum Gasteiger partial charge on any atom is 0.256 e. The molecular formula is C16H26N2O2. The number of para-hydroxylation sites is 1. The van der Waals surface area contributed by atoms with Crippen molar-refractivity contribution in [3.63, 3.8) is 0 Å². The standard InChI is InChI=1S/C16H26N2O2/c1-5-7-11-18(12(3)6-2)16(19)13-9-8-10-14(20-4)15(13)17/h8-10,12H,5-7,11,17H2,1-4H3. The molecule has 0 saturated heterocycles. The van der Waals surface area contributed by atoms with Crippen molar-refractivity contribution in [2.75, 3.05) is 19.4 Å². The van der Waals surface area contributed by atoms with Crippen molar-refractivity contribution >= 4 is 11.6 Å². The minimum atomic E-state index is -0.01000. The SMILES string of the molecule is CCCCN(C(=O)c1cccc(OC)c1N)C(C)CC. The Kier molecular flexibility index (Phi) is 6.36. The van der Waals surface area contributed by atoms with Gasteiger partial charge >= 0.3 is 0 Å². The van der Waals surface area contributed by atoms with Crippen LogP contribution in [0.5, 0.6) is 5.75 Å². The van der Waals surface area contributed by atoms with Gasteiger partial charge in [0.1, 0.15) is 5.75 Å². The van der Waals surface area contributed by atoms with Gasteiger partial charge in [-0.3, -0.25) is 4.79 Å². The third-order valence-corrected chi connectivity index (χ3v) is 3.65. The topological polar surface area (TPSA) is 55.6 Å². The summed E-state index contributed by atoms with van der Waals surface area (Å²) in [6.45, 7) is 7.05. The molecule has 112 valence electrons. The molecule has 0 fully saturated rings. The smallest absolute Gasteiger partial charge is 0.256 e. The average Bonchev–Trinajstić information content (AvgIpc) is 2.47. The van der Waals surface area contributed by atoms with Gasteiger partial charge in [0.25, 0.3) is 5.91 Å². The summed E-state index contributed by atoms with van der Waals surface area (Å²) < 4.78 is 5.19. The molecule has 1 aromatic rings. The highest BCUT2D eigenvalue weighted by molar-refractivity contribution is 6.00. The van der Waals surface area contributed by atoms with Crippen molar-refractivity contribution in [3.8, 4) is 5.75 Å². The molecule has 1 aromatic carbocycles. The number of carbonyl (C=O) groups is 1. The van der Waals surface area contributed by atoms with E-state index in [1.165, 1.54) is 0 Å². The maximum atomic E-state index is 12.7. The quantitative estimate of drug-likeness (QED) is 0.778. The maximum absolute atomic E-state index is 12.7. The second-order valence-corrected chi connectivity index (χ2v) is 5.03. The van der Waals surface area contributed by atoms with Crippen molar-refractivity contribution in [3.05, 3.63) is 23.8 Å². The molecule has 4 nitrogen and oxygen atoms in total. The van der Waals surface area contributed by atoms with Crippen molar-refractivity contribution < 1.29 is 9.53 Å². The van der Waals surface area contributed by atoms with Gasteiger partial charge in [0.05, 0.1) is 18.4 Å². The molecule has 0 bridgehead atoms. The zero-order valence-electron chi connectivity index (χ0n) is 13.0. The van der Waals surface area contributed by atoms with Crippen LogP contribution in [-0.2, 0) is 0 Å². The summed E-state index contributed by atoms with van der Waals surface area (Å²) in [6, 6.07) is 5.55. The van der Waals surface area contributed by atoms with Crippen LogP contribution in [-0.4, -0.2) is 30.5 Å². The van der Waals surface area contributed by atoms with E-state index in [0.717, 1.165) is 25.8 Å². The lowest BCUT2D eigenvalue weighted by atomic mass is 10.1. The summed E-state index contributed by atoms with van der Waals surface area (Å²) in [6.07, 6.45) is 2.99. The Morgan fingerprint density at radius 2 is 2.10 bits per heavy atom.